The SMILES string of the molecule is NC(=O)CCC(NC(=O)C(CS)NC(=O)C(N)CO)C(=O)NC(CCCN=C(N)N)C(=O)O. The Bertz CT molecular complexity index is 732. The lowest BCUT2D eigenvalue weighted by Gasteiger charge is -2.24. The second kappa shape index (κ2) is 15.7. The zero-order valence-electron chi connectivity index (χ0n) is 17.9. The van der Waals surface area contributed by atoms with Crippen molar-refractivity contribution in [2.45, 2.75) is 49.9 Å². The van der Waals surface area contributed by atoms with Crippen LogP contribution in [0.3, 0.4) is 0 Å². The van der Waals surface area contributed by atoms with Crippen molar-refractivity contribution < 1.29 is 34.2 Å². The molecule has 15 nitrogen and oxygen atoms in total. The van der Waals surface area contributed by atoms with Gasteiger partial charge in [-0.15, -0.1) is 0 Å². The van der Waals surface area contributed by atoms with Crippen LogP contribution in [0.25, 0.3) is 0 Å². The first kappa shape index (κ1) is 29.9. The van der Waals surface area contributed by atoms with E-state index in [-0.39, 0.29) is 43.9 Å². The number of aliphatic hydroxyl groups excluding tert-OH is 1. The Kier molecular flexibility index (Phi) is 14.2. The van der Waals surface area contributed by atoms with E-state index in [9.17, 15) is 29.1 Å². The van der Waals surface area contributed by atoms with Gasteiger partial charge in [0.2, 0.25) is 23.6 Å². The number of amides is 4. The van der Waals surface area contributed by atoms with Gasteiger partial charge in [-0.2, -0.15) is 12.6 Å². The Morgan fingerprint density at radius 2 is 1.42 bits per heavy atom. The van der Waals surface area contributed by atoms with Crippen molar-refractivity contribution in [3.8, 4) is 0 Å². The van der Waals surface area contributed by atoms with Gasteiger partial charge in [-0.05, 0) is 19.3 Å². The van der Waals surface area contributed by atoms with Crippen molar-refractivity contribution >= 4 is 48.2 Å². The van der Waals surface area contributed by atoms with Crippen LogP contribution < -0.4 is 38.9 Å². The molecule has 0 fully saturated rings. The van der Waals surface area contributed by atoms with Crippen molar-refractivity contribution in [1.82, 2.24) is 16.0 Å². The standard InChI is InChI=1S/C17H32N8O7S/c18-8(6-26)13(28)25-11(7-33)15(30)23-9(3-4-12(19)27)14(29)24-10(16(31)32)2-1-5-22-17(20)21/h8-11,26,33H,1-7,18H2,(H2,19,27)(H,23,30)(H,24,29)(H,25,28)(H,31,32)(H4,20,21,22). The highest BCUT2D eigenvalue weighted by atomic mass is 32.1. The fourth-order valence-electron chi connectivity index (χ4n) is 2.42. The number of carboxylic acids is 1. The molecule has 13 N–H and O–H groups in total. The first-order valence-electron chi connectivity index (χ1n) is 9.87. The van der Waals surface area contributed by atoms with Crippen molar-refractivity contribution in [2.24, 2.45) is 27.9 Å². The summed E-state index contributed by atoms with van der Waals surface area (Å²) < 4.78 is 0. The zero-order chi connectivity index (χ0) is 25.6. The number of carbonyl (C=O) groups excluding carboxylic acids is 4. The molecular formula is C17H32N8O7S. The van der Waals surface area contributed by atoms with E-state index in [2.05, 4.69) is 33.6 Å². The number of hydrogen-bond acceptors (Lipinski definition) is 9. The first-order valence-corrected chi connectivity index (χ1v) is 10.5. The summed E-state index contributed by atoms with van der Waals surface area (Å²) >= 11 is 3.97. The molecule has 0 aromatic heterocycles. The molecule has 0 saturated heterocycles. The predicted octanol–water partition coefficient (Wildman–Crippen LogP) is -4.91. The Balaban J connectivity index is 5.29. The number of nitrogens with two attached hydrogens (primary N) is 4. The maximum absolute atomic E-state index is 12.7. The third-order valence-corrected chi connectivity index (χ3v) is 4.59. The topological polar surface area (TPSA) is 278 Å². The number of aliphatic imine (C=N–C) groups is 1. The third kappa shape index (κ3) is 12.5. The molecule has 4 atom stereocenters. The maximum atomic E-state index is 12.7. The lowest BCUT2D eigenvalue weighted by atomic mass is 10.1. The van der Waals surface area contributed by atoms with Gasteiger partial charge in [0.15, 0.2) is 5.96 Å². The molecule has 0 saturated carbocycles. The molecule has 4 unspecified atom stereocenters. The Labute approximate surface area is 195 Å². The van der Waals surface area contributed by atoms with E-state index in [1.807, 2.05) is 0 Å². The number of aliphatic carboxylic acids is 1. The quantitative estimate of drug-likeness (QED) is 0.0424. The van der Waals surface area contributed by atoms with Crippen LogP contribution in [-0.4, -0.2) is 88.8 Å². The third-order valence-electron chi connectivity index (χ3n) is 4.22. The van der Waals surface area contributed by atoms with E-state index in [1.54, 1.807) is 0 Å². The van der Waals surface area contributed by atoms with Crippen molar-refractivity contribution in [3.63, 3.8) is 0 Å². The van der Waals surface area contributed by atoms with Crippen LogP contribution in [0, 0.1) is 0 Å². The smallest absolute Gasteiger partial charge is 0.326 e. The van der Waals surface area contributed by atoms with Gasteiger partial charge in [-0.3, -0.25) is 24.2 Å². The summed E-state index contributed by atoms with van der Waals surface area (Å²) in [6, 6.07) is -5.15. The van der Waals surface area contributed by atoms with Crippen LogP contribution >= 0.6 is 12.6 Å². The second-order valence-corrected chi connectivity index (χ2v) is 7.31. The summed E-state index contributed by atoms with van der Waals surface area (Å²) in [4.78, 5) is 63.4. The summed E-state index contributed by atoms with van der Waals surface area (Å²) in [6.07, 6.45) is -0.278. The number of guanidine groups is 1. The summed E-state index contributed by atoms with van der Waals surface area (Å²) in [7, 11) is 0. The normalized spacial score (nSPS) is 14.2. The Hall–Kier alpha value is -3.11. The highest BCUT2D eigenvalue weighted by molar-refractivity contribution is 7.80. The van der Waals surface area contributed by atoms with Crippen molar-refractivity contribution in [1.29, 1.82) is 0 Å². The minimum absolute atomic E-state index is 0.0112. The summed E-state index contributed by atoms with van der Waals surface area (Å²) in [5, 5.41) is 25.2. The number of rotatable bonds is 16. The lowest BCUT2D eigenvalue weighted by molar-refractivity contribution is -0.142. The van der Waals surface area contributed by atoms with Gasteiger partial charge in [-0.1, -0.05) is 0 Å². The highest BCUT2D eigenvalue weighted by Crippen LogP contribution is 2.04. The summed E-state index contributed by atoms with van der Waals surface area (Å²) in [5.41, 5.74) is 20.9. The van der Waals surface area contributed by atoms with E-state index in [0.29, 0.717) is 0 Å². The number of aliphatic hydroxyl groups is 1. The van der Waals surface area contributed by atoms with Gasteiger partial charge in [0.1, 0.15) is 24.2 Å². The number of hydrogen-bond donors (Lipinski definition) is 10. The number of nitrogens with zero attached hydrogens (tertiary/aromatic N) is 1. The van der Waals surface area contributed by atoms with Crippen LogP contribution in [0.5, 0.6) is 0 Å². The fourth-order valence-corrected chi connectivity index (χ4v) is 2.67. The molecule has 0 aliphatic carbocycles. The van der Waals surface area contributed by atoms with E-state index in [4.69, 9.17) is 28.0 Å². The molecule has 33 heavy (non-hydrogen) atoms. The molecule has 0 radical (unpaired) electrons. The first-order chi connectivity index (χ1) is 15.4. The lowest BCUT2D eigenvalue weighted by Crippen LogP contribution is -2.58. The molecule has 16 heteroatoms. The van der Waals surface area contributed by atoms with E-state index in [1.165, 1.54) is 0 Å². The molecule has 0 bridgehead atoms. The molecule has 0 aromatic rings. The maximum Gasteiger partial charge on any atom is 0.326 e. The van der Waals surface area contributed by atoms with E-state index in [0.717, 1.165) is 0 Å². The minimum atomic E-state index is -1.34. The van der Waals surface area contributed by atoms with Crippen LogP contribution in [0.4, 0.5) is 0 Å². The predicted molar refractivity (Wildman–Crippen MR) is 121 cm³/mol. The van der Waals surface area contributed by atoms with Gasteiger partial charge in [-0.25, -0.2) is 4.79 Å². The summed E-state index contributed by atoms with van der Waals surface area (Å²) in [6.45, 7) is -0.515. The van der Waals surface area contributed by atoms with Gasteiger partial charge >= 0.3 is 5.97 Å². The average molecular weight is 493 g/mol. The molecule has 4 amide bonds. The molecule has 0 aliphatic heterocycles. The Morgan fingerprint density at radius 1 is 0.879 bits per heavy atom. The summed E-state index contributed by atoms with van der Waals surface area (Å²) in [5.74, 6) is -4.96. The second-order valence-electron chi connectivity index (χ2n) is 6.95. The number of thiol groups is 1. The zero-order valence-corrected chi connectivity index (χ0v) is 18.8. The Morgan fingerprint density at radius 3 is 1.91 bits per heavy atom. The number of carboxylic acid groups (broad SMARTS) is 1. The minimum Gasteiger partial charge on any atom is -0.480 e. The molecule has 0 heterocycles. The average Bonchev–Trinajstić information content (AvgIpc) is 2.75. The molecule has 0 aromatic carbocycles. The van der Waals surface area contributed by atoms with Crippen LogP contribution in [-0.2, 0) is 24.0 Å². The van der Waals surface area contributed by atoms with Crippen molar-refractivity contribution in [3.05, 3.63) is 0 Å². The van der Waals surface area contributed by atoms with Gasteiger partial charge in [0, 0.05) is 18.7 Å². The van der Waals surface area contributed by atoms with Crippen molar-refractivity contribution in [2.75, 3.05) is 18.9 Å². The van der Waals surface area contributed by atoms with Crippen LogP contribution in [0.2, 0.25) is 0 Å². The fraction of sp³-hybridized carbons (Fsp3) is 0.647. The molecular weight excluding hydrogens is 460 g/mol. The molecule has 0 rings (SSSR count). The van der Waals surface area contributed by atoms with E-state index >= 15 is 0 Å². The van der Waals surface area contributed by atoms with Gasteiger partial charge in [0.25, 0.3) is 0 Å². The molecule has 188 valence electrons. The number of carbonyl (C=O) groups is 5. The largest absolute Gasteiger partial charge is 0.480 e. The molecule has 0 aliphatic rings. The molecule has 0 spiro atoms. The van der Waals surface area contributed by atoms with Crippen LogP contribution in [0.1, 0.15) is 25.7 Å². The number of nitrogens with one attached hydrogen (secondary N) is 3. The number of primary amides is 1. The monoisotopic (exact) mass is 492 g/mol. The van der Waals surface area contributed by atoms with Crippen LogP contribution in [0.15, 0.2) is 4.99 Å². The van der Waals surface area contributed by atoms with Gasteiger partial charge in [0.05, 0.1) is 6.61 Å². The van der Waals surface area contributed by atoms with Gasteiger partial charge < -0.3 is 49.1 Å². The highest BCUT2D eigenvalue weighted by Gasteiger charge is 2.29. The van der Waals surface area contributed by atoms with E-state index < -0.39 is 60.4 Å².